The average Bonchev–Trinajstić information content (AvgIpc) is 2.47. The van der Waals surface area contributed by atoms with Crippen LogP contribution in [0.5, 0.6) is 0 Å². The van der Waals surface area contributed by atoms with Gasteiger partial charge in [-0.05, 0) is 42.4 Å². The van der Waals surface area contributed by atoms with Crippen molar-refractivity contribution in [3.63, 3.8) is 0 Å². The highest BCUT2D eigenvalue weighted by atomic mass is 16.5. The van der Waals surface area contributed by atoms with Gasteiger partial charge in [-0.25, -0.2) is 4.98 Å². The molecule has 1 atom stereocenters. The van der Waals surface area contributed by atoms with E-state index >= 15 is 0 Å². The lowest BCUT2D eigenvalue weighted by atomic mass is 9.98. The molecule has 20 heavy (non-hydrogen) atoms. The van der Waals surface area contributed by atoms with Crippen molar-refractivity contribution in [1.82, 2.24) is 4.98 Å². The van der Waals surface area contributed by atoms with E-state index in [1.54, 1.807) is 7.11 Å². The molecule has 1 saturated heterocycles. The molecule has 4 nitrogen and oxygen atoms in total. The maximum atomic E-state index is 5.83. The third kappa shape index (κ3) is 3.70. The van der Waals surface area contributed by atoms with Crippen molar-refractivity contribution >= 4 is 5.82 Å². The molecule has 1 aromatic heterocycles. The zero-order valence-electron chi connectivity index (χ0n) is 12.9. The third-order valence-corrected chi connectivity index (χ3v) is 3.96. The summed E-state index contributed by atoms with van der Waals surface area (Å²) in [5, 5.41) is 0. The Labute approximate surface area is 122 Å². The topological polar surface area (TPSA) is 51.4 Å². The van der Waals surface area contributed by atoms with Gasteiger partial charge < -0.3 is 15.4 Å². The lowest BCUT2D eigenvalue weighted by Gasteiger charge is -2.33. The fourth-order valence-electron chi connectivity index (χ4n) is 2.81. The van der Waals surface area contributed by atoms with Gasteiger partial charge in [0.2, 0.25) is 0 Å². The van der Waals surface area contributed by atoms with Crippen molar-refractivity contribution in [1.29, 1.82) is 0 Å². The average molecular weight is 277 g/mol. The molecule has 0 aromatic carbocycles. The van der Waals surface area contributed by atoms with E-state index in [1.165, 1.54) is 18.4 Å². The van der Waals surface area contributed by atoms with Gasteiger partial charge in [-0.2, -0.15) is 0 Å². The van der Waals surface area contributed by atoms with Crippen LogP contribution in [-0.4, -0.2) is 31.8 Å². The Balaban J connectivity index is 2.20. The first kappa shape index (κ1) is 15.3. The van der Waals surface area contributed by atoms with Gasteiger partial charge in [0.05, 0.1) is 6.61 Å². The molecule has 1 aliphatic rings. The minimum atomic E-state index is 0.430. The highest BCUT2D eigenvalue weighted by Gasteiger charge is 2.21. The predicted octanol–water partition coefficient (Wildman–Crippen LogP) is 2.53. The largest absolute Gasteiger partial charge is 0.384 e. The summed E-state index contributed by atoms with van der Waals surface area (Å²) in [6, 6.07) is 4.27. The van der Waals surface area contributed by atoms with Crippen molar-refractivity contribution in [3.05, 3.63) is 23.4 Å². The highest BCUT2D eigenvalue weighted by molar-refractivity contribution is 5.43. The number of ether oxygens (including phenoxy) is 1. The van der Waals surface area contributed by atoms with E-state index in [0.29, 0.717) is 18.4 Å². The second-order valence-corrected chi connectivity index (χ2v) is 6.03. The number of methoxy groups -OCH3 is 1. The molecule has 1 unspecified atom stereocenters. The number of pyridine rings is 1. The molecule has 0 radical (unpaired) electrons. The number of hydrogen-bond donors (Lipinski definition) is 1. The molecule has 0 aliphatic carbocycles. The fourth-order valence-corrected chi connectivity index (χ4v) is 2.81. The number of hydrogen-bond acceptors (Lipinski definition) is 4. The maximum Gasteiger partial charge on any atom is 0.129 e. The van der Waals surface area contributed by atoms with Crippen LogP contribution >= 0.6 is 0 Å². The van der Waals surface area contributed by atoms with E-state index in [9.17, 15) is 0 Å². The highest BCUT2D eigenvalue weighted by Crippen LogP contribution is 2.25. The Morgan fingerprint density at radius 2 is 2.25 bits per heavy atom. The Hall–Kier alpha value is -1.13. The zero-order chi connectivity index (χ0) is 14.5. The first-order valence-corrected chi connectivity index (χ1v) is 7.58. The Kier molecular flexibility index (Phi) is 5.38. The normalized spacial score (nSPS) is 19.6. The molecular formula is C16H27N3O. The van der Waals surface area contributed by atoms with Crippen molar-refractivity contribution in [2.75, 3.05) is 31.7 Å². The first-order chi connectivity index (χ1) is 9.63. The second kappa shape index (κ2) is 7.04. The predicted molar refractivity (Wildman–Crippen MR) is 83.0 cm³/mol. The summed E-state index contributed by atoms with van der Waals surface area (Å²) in [7, 11) is 1.78. The van der Waals surface area contributed by atoms with Crippen LogP contribution in [0.4, 0.5) is 5.82 Å². The Bertz CT molecular complexity index is 432. The molecule has 1 aromatic rings. The molecule has 2 rings (SSSR count). The van der Waals surface area contributed by atoms with Crippen LogP contribution in [0.1, 0.15) is 43.9 Å². The molecule has 112 valence electrons. The summed E-state index contributed by atoms with van der Waals surface area (Å²) in [6.45, 7) is 7.88. The van der Waals surface area contributed by atoms with Gasteiger partial charge in [-0.3, -0.25) is 0 Å². The van der Waals surface area contributed by atoms with Crippen molar-refractivity contribution in [2.24, 2.45) is 11.7 Å². The van der Waals surface area contributed by atoms with Crippen LogP contribution in [0.25, 0.3) is 0 Å². The first-order valence-electron chi connectivity index (χ1n) is 7.58. The molecule has 0 saturated carbocycles. The summed E-state index contributed by atoms with van der Waals surface area (Å²) in [4.78, 5) is 7.22. The van der Waals surface area contributed by atoms with E-state index < -0.39 is 0 Å². The van der Waals surface area contributed by atoms with Gasteiger partial charge in [0.1, 0.15) is 5.82 Å². The third-order valence-electron chi connectivity index (χ3n) is 3.96. The summed E-state index contributed by atoms with van der Waals surface area (Å²) in [5.41, 5.74) is 8.14. The molecule has 4 heteroatoms. The van der Waals surface area contributed by atoms with Gasteiger partial charge in [0, 0.05) is 32.4 Å². The molecule has 2 N–H and O–H groups in total. The maximum absolute atomic E-state index is 5.83. The van der Waals surface area contributed by atoms with Crippen LogP contribution in [0, 0.1) is 5.92 Å². The summed E-state index contributed by atoms with van der Waals surface area (Å²) < 4.78 is 5.31. The van der Waals surface area contributed by atoms with Crippen LogP contribution in [0.15, 0.2) is 12.1 Å². The number of piperidine rings is 1. The standard InChI is InChI=1S/C16H27N3O/c1-12(2)15-7-14(9-17)8-16(18-15)19-6-4-5-13(10-19)11-20-3/h7-8,12-13H,4-6,9-11,17H2,1-3H3. The smallest absolute Gasteiger partial charge is 0.129 e. The summed E-state index contributed by atoms with van der Waals surface area (Å²) in [6.07, 6.45) is 2.46. The lowest BCUT2D eigenvalue weighted by molar-refractivity contribution is 0.143. The molecule has 2 heterocycles. The van der Waals surface area contributed by atoms with Crippen LogP contribution in [0.3, 0.4) is 0 Å². The molecular weight excluding hydrogens is 250 g/mol. The molecule has 0 amide bonds. The zero-order valence-corrected chi connectivity index (χ0v) is 12.9. The van der Waals surface area contributed by atoms with Crippen LogP contribution < -0.4 is 10.6 Å². The van der Waals surface area contributed by atoms with Crippen molar-refractivity contribution < 1.29 is 4.74 Å². The molecule has 1 aliphatic heterocycles. The van der Waals surface area contributed by atoms with E-state index in [1.807, 2.05) is 0 Å². The summed E-state index contributed by atoms with van der Waals surface area (Å²) >= 11 is 0. The fraction of sp³-hybridized carbons (Fsp3) is 0.688. The number of aromatic nitrogens is 1. The van der Waals surface area contributed by atoms with Crippen molar-refractivity contribution in [3.8, 4) is 0 Å². The quantitative estimate of drug-likeness (QED) is 0.898. The number of anilines is 1. The van der Waals surface area contributed by atoms with Gasteiger partial charge in [-0.1, -0.05) is 13.8 Å². The summed E-state index contributed by atoms with van der Waals surface area (Å²) in [5.74, 6) is 2.12. The van der Waals surface area contributed by atoms with Gasteiger partial charge in [0.25, 0.3) is 0 Å². The van der Waals surface area contributed by atoms with E-state index in [0.717, 1.165) is 31.2 Å². The molecule has 0 bridgehead atoms. The van der Waals surface area contributed by atoms with Gasteiger partial charge in [-0.15, -0.1) is 0 Å². The molecule has 1 fully saturated rings. The SMILES string of the molecule is COCC1CCCN(c2cc(CN)cc(C(C)C)n2)C1. The Morgan fingerprint density at radius 3 is 2.90 bits per heavy atom. The minimum absolute atomic E-state index is 0.430. The Morgan fingerprint density at radius 1 is 1.45 bits per heavy atom. The lowest BCUT2D eigenvalue weighted by Crippen LogP contribution is -2.37. The van der Waals surface area contributed by atoms with Gasteiger partial charge >= 0.3 is 0 Å². The minimum Gasteiger partial charge on any atom is -0.384 e. The van der Waals surface area contributed by atoms with E-state index in [2.05, 4.69) is 30.9 Å². The number of rotatable bonds is 5. The van der Waals surface area contributed by atoms with Gasteiger partial charge in [0.15, 0.2) is 0 Å². The van der Waals surface area contributed by atoms with Crippen molar-refractivity contribution in [2.45, 2.75) is 39.2 Å². The van der Waals surface area contributed by atoms with E-state index in [4.69, 9.17) is 15.5 Å². The van der Waals surface area contributed by atoms with Crippen LogP contribution in [0.2, 0.25) is 0 Å². The molecule has 0 spiro atoms. The second-order valence-electron chi connectivity index (χ2n) is 6.03. The van der Waals surface area contributed by atoms with Crippen LogP contribution in [-0.2, 0) is 11.3 Å². The number of nitrogens with zero attached hydrogens (tertiary/aromatic N) is 2. The monoisotopic (exact) mass is 277 g/mol. The number of nitrogens with two attached hydrogens (primary N) is 1. The van der Waals surface area contributed by atoms with E-state index in [-0.39, 0.29) is 0 Å².